The molecule has 1 aliphatic carbocycles. The van der Waals surface area contributed by atoms with Crippen LogP contribution in [0, 0.1) is 0 Å². The van der Waals surface area contributed by atoms with E-state index in [-0.39, 0.29) is 17.4 Å². The lowest BCUT2D eigenvalue weighted by Gasteiger charge is -2.20. The van der Waals surface area contributed by atoms with Crippen LogP contribution in [-0.4, -0.2) is 26.5 Å². The van der Waals surface area contributed by atoms with Crippen molar-refractivity contribution < 1.29 is 4.79 Å². The summed E-state index contributed by atoms with van der Waals surface area (Å²) in [6.07, 6.45) is 1.82. The number of rotatable bonds is 5. The number of amides is 1. The van der Waals surface area contributed by atoms with Crippen LogP contribution in [-0.2, 0) is 10.2 Å². The van der Waals surface area contributed by atoms with Crippen molar-refractivity contribution in [1.29, 1.82) is 0 Å². The van der Waals surface area contributed by atoms with Gasteiger partial charge in [0.2, 0.25) is 11.7 Å². The van der Waals surface area contributed by atoms with Crippen LogP contribution >= 0.6 is 0 Å². The van der Waals surface area contributed by atoms with Gasteiger partial charge in [-0.2, -0.15) is 5.21 Å². The van der Waals surface area contributed by atoms with Crippen molar-refractivity contribution in [2.75, 3.05) is 0 Å². The average molecular weight is 333 g/mol. The molecular weight excluding hydrogens is 314 g/mol. The number of hydrogen-bond acceptors (Lipinski definition) is 4. The third-order valence-electron chi connectivity index (χ3n) is 4.87. The van der Waals surface area contributed by atoms with Gasteiger partial charge < -0.3 is 5.32 Å². The molecule has 126 valence electrons. The van der Waals surface area contributed by atoms with Crippen LogP contribution < -0.4 is 5.32 Å². The molecule has 0 saturated heterocycles. The maximum atomic E-state index is 12.8. The lowest BCUT2D eigenvalue weighted by molar-refractivity contribution is -0.124. The minimum absolute atomic E-state index is 0.0620. The van der Waals surface area contributed by atoms with E-state index >= 15 is 0 Å². The molecule has 2 aromatic carbocycles. The van der Waals surface area contributed by atoms with E-state index < -0.39 is 0 Å². The fraction of sp³-hybridized carbons (Fsp3) is 0.263. The molecule has 0 bridgehead atoms. The first-order valence-electron chi connectivity index (χ1n) is 8.39. The minimum atomic E-state index is -0.347. The molecule has 4 rings (SSSR count). The minimum Gasteiger partial charge on any atom is -0.349 e. The molecule has 3 aromatic rings. The molecule has 0 aliphatic heterocycles. The lowest BCUT2D eigenvalue weighted by Crippen LogP contribution is -2.36. The molecule has 0 radical (unpaired) electrons. The van der Waals surface area contributed by atoms with Crippen LogP contribution in [0.4, 0.5) is 0 Å². The Balaban J connectivity index is 1.47. The number of aromatic nitrogens is 4. The molecule has 0 unspecified atom stereocenters. The molecule has 1 aromatic heterocycles. The summed E-state index contributed by atoms with van der Waals surface area (Å²) in [7, 11) is 0. The van der Waals surface area contributed by atoms with Gasteiger partial charge in [-0.05, 0) is 36.1 Å². The summed E-state index contributed by atoms with van der Waals surface area (Å²) >= 11 is 0. The van der Waals surface area contributed by atoms with Crippen LogP contribution in [0.3, 0.4) is 0 Å². The number of carbonyl (C=O) groups excluding carboxylic acids is 1. The number of aromatic amines is 1. The van der Waals surface area contributed by atoms with E-state index in [1.807, 2.05) is 61.5 Å². The van der Waals surface area contributed by atoms with Crippen molar-refractivity contribution in [3.8, 4) is 11.4 Å². The average Bonchev–Trinajstić information content (AvgIpc) is 3.30. The topological polar surface area (TPSA) is 83.6 Å². The predicted octanol–water partition coefficient (Wildman–Crippen LogP) is 2.78. The van der Waals surface area contributed by atoms with Crippen LogP contribution in [0.1, 0.15) is 36.9 Å². The molecular formula is C19H19N5O. The molecule has 1 aliphatic rings. The monoisotopic (exact) mass is 333 g/mol. The van der Waals surface area contributed by atoms with Gasteiger partial charge in [-0.3, -0.25) is 4.79 Å². The van der Waals surface area contributed by atoms with Gasteiger partial charge in [0.1, 0.15) is 0 Å². The molecule has 1 saturated carbocycles. The van der Waals surface area contributed by atoms with Gasteiger partial charge in [0, 0.05) is 5.56 Å². The summed E-state index contributed by atoms with van der Waals surface area (Å²) in [6, 6.07) is 17.8. The van der Waals surface area contributed by atoms with E-state index in [0.29, 0.717) is 5.82 Å². The van der Waals surface area contributed by atoms with E-state index in [4.69, 9.17) is 0 Å². The zero-order valence-electron chi connectivity index (χ0n) is 13.9. The third-order valence-corrected chi connectivity index (χ3v) is 4.87. The van der Waals surface area contributed by atoms with Gasteiger partial charge in [-0.25, -0.2) is 0 Å². The van der Waals surface area contributed by atoms with Crippen LogP contribution in [0.2, 0.25) is 0 Å². The van der Waals surface area contributed by atoms with Crippen molar-refractivity contribution in [2.24, 2.45) is 0 Å². The normalized spacial score (nSPS) is 16.2. The van der Waals surface area contributed by atoms with Gasteiger partial charge in [0.15, 0.2) is 0 Å². The Bertz CT molecular complexity index is 855. The maximum absolute atomic E-state index is 12.8. The number of benzene rings is 2. The summed E-state index contributed by atoms with van der Waals surface area (Å²) in [5, 5.41) is 17.1. The molecule has 0 spiro atoms. The summed E-state index contributed by atoms with van der Waals surface area (Å²) < 4.78 is 0. The van der Waals surface area contributed by atoms with Crippen molar-refractivity contribution in [2.45, 2.75) is 31.2 Å². The Morgan fingerprint density at radius 2 is 1.84 bits per heavy atom. The molecule has 1 amide bonds. The quantitative estimate of drug-likeness (QED) is 0.752. The first-order chi connectivity index (χ1) is 12.2. The Hall–Kier alpha value is -3.02. The number of tetrazole rings is 1. The van der Waals surface area contributed by atoms with Gasteiger partial charge in [-0.15, -0.1) is 10.2 Å². The van der Waals surface area contributed by atoms with Crippen LogP contribution in [0.15, 0.2) is 54.6 Å². The van der Waals surface area contributed by atoms with Gasteiger partial charge in [0.05, 0.1) is 11.5 Å². The zero-order valence-corrected chi connectivity index (χ0v) is 13.9. The van der Waals surface area contributed by atoms with Crippen LogP contribution in [0.25, 0.3) is 11.4 Å². The highest BCUT2D eigenvalue weighted by Crippen LogP contribution is 2.48. The number of nitrogens with zero attached hydrogens (tertiary/aromatic N) is 3. The van der Waals surface area contributed by atoms with E-state index in [9.17, 15) is 4.79 Å². The highest BCUT2D eigenvalue weighted by atomic mass is 16.2. The predicted molar refractivity (Wildman–Crippen MR) is 93.5 cm³/mol. The number of carbonyl (C=O) groups is 1. The van der Waals surface area contributed by atoms with Crippen molar-refractivity contribution >= 4 is 5.91 Å². The molecule has 1 heterocycles. The van der Waals surface area contributed by atoms with Crippen molar-refractivity contribution in [3.05, 3.63) is 65.7 Å². The molecule has 6 nitrogen and oxygen atoms in total. The SMILES string of the molecule is C[C@@H](NC(=O)C1(c2ccccc2)CC1)c1ccc(-c2nn[nH]n2)cc1. The van der Waals surface area contributed by atoms with E-state index in [1.165, 1.54) is 0 Å². The van der Waals surface area contributed by atoms with Crippen molar-refractivity contribution in [1.82, 2.24) is 25.9 Å². The Kier molecular flexibility index (Phi) is 3.80. The summed E-state index contributed by atoms with van der Waals surface area (Å²) in [4.78, 5) is 12.8. The standard InChI is InChI=1S/C19H19N5O/c1-13(14-7-9-15(10-8-14)17-21-23-24-22-17)20-18(25)19(11-12-19)16-5-3-2-4-6-16/h2-10,13H,11-12H2,1H3,(H,20,25)(H,21,22,23,24)/t13-/m1/s1. The molecule has 1 atom stereocenters. The van der Waals surface area contributed by atoms with E-state index in [0.717, 1.165) is 29.5 Å². The van der Waals surface area contributed by atoms with Gasteiger partial charge in [-0.1, -0.05) is 54.6 Å². The highest BCUT2D eigenvalue weighted by Gasteiger charge is 2.51. The Morgan fingerprint density at radius 3 is 2.44 bits per heavy atom. The zero-order chi connectivity index (χ0) is 17.3. The second kappa shape index (κ2) is 6.12. The number of H-pyrrole nitrogens is 1. The first kappa shape index (κ1) is 15.5. The first-order valence-corrected chi connectivity index (χ1v) is 8.39. The Morgan fingerprint density at radius 1 is 1.12 bits per heavy atom. The smallest absolute Gasteiger partial charge is 0.231 e. The Labute approximate surface area is 145 Å². The molecule has 2 N–H and O–H groups in total. The fourth-order valence-electron chi connectivity index (χ4n) is 3.15. The molecule has 25 heavy (non-hydrogen) atoms. The number of nitrogens with one attached hydrogen (secondary N) is 2. The second-order valence-electron chi connectivity index (χ2n) is 6.50. The lowest BCUT2D eigenvalue weighted by atomic mass is 9.94. The van der Waals surface area contributed by atoms with E-state index in [2.05, 4.69) is 25.9 Å². The number of hydrogen-bond donors (Lipinski definition) is 2. The highest BCUT2D eigenvalue weighted by molar-refractivity contribution is 5.91. The van der Waals surface area contributed by atoms with Crippen molar-refractivity contribution in [3.63, 3.8) is 0 Å². The third kappa shape index (κ3) is 2.91. The van der Waals surface area contributed by atoms with Crippen LogP contribution in [0.5, 0.6) is 0 Å². The largest absolute Gasteiger partial charge is 0.349 e. The summed E-state index contributed by atoms with van der Waals surface area (Å²) in [5.74, 6) is 0.665. The maximum Gasteiger partial charge on any atom is 0.231 e. The van der Waals surface area contributed by atoms with E-state index in [1.54, 1.807) is 0 Å². The summed E-state index contributed by atoms with van der Waals surface area (Å²) in [5.41, 5.74) is 2.69. The molecule has 1 fully saturated rings. The van der Waals surface area contributed by atoms with Gasteiger partial charge >= 0.3 is 0 Å². The fourth-order valence-corrected chi connectivity index (χ4v) is 3.15. The summed E-state index contributed by atoms with van der Waals surface area (Å²) in [6.45, 7) is 2.00. The van der Waals surface area contributed by atoms with Gasteiger partial charge in [0.25, 0.3) is 0 Å². The molecule has 6 heteroatoms. The second-order valence-corrected chi connectivity index (χ2v) is 6.50.